The van der Waals surface area contributed by atoms with Gasteiger partial charge < -0.3 is 14.9 Å². The van der Waals surface area contributed by atoms with Gasteiger partial charge in [0.05, 0.1) is 0 Å². The molecule has 0 atom stereocenters. The van der Waals surface area contributed by atoms with Crippen LogP contribution in [0.15, 0.2) is 96.2 Å². The lowest BCUT2D eigenvalue weighted by Gasteiger charge is -2.30. The number of benzene rings is 2. The van der Waals surface area contributed by atoms with Crippen LogP contribution in [0, 0.1) is 0 Å². The van der Waals surface area contributed by atoms with Crippen LogP contribution < -0.4 is 4.90 Å². The Kier molecular flexibility index (Phi) is 4.64. The molecule has 0 aromatic heterocycles. The minimum Gasteiger partial charge on any atom is -0.505 e. The third kappa shape index (κ3) is 2.96. The quantitative estimate of drug-likeness (QED) is 0.700. The Labute approximate surface area is 169 Å². The van der Waals surface area contributed by atoms with E-state index in [0.717, 1.165) is 16.3 Å². The fourth-order valence-corrected chi connectivity index (χ4v) is 3.38. The Hall–Kier alpha value is -3.55. The van der Waals surface area contributed by atoms with Crippen LogP contribution in [0.4, 0.5) is 28.9 Å². The average molecular weight is 416 g/mol. The maximum atomic E-state index is 13.7. The summed E-state index contributed by atoms with van der Waals surface area (Å²) in [6.45, 7) is -0.153. The zero-order valence-electron chi connectivity index (χ0n) is 15.5. The van der Waals surface area contributed by atoms with Gasteiger partial charge in [-0.3, -0.25) is 4.79 Å². The van der Waals surface area contributed by atoms with E-state index in [0.29, 0.717) is 5.70 Å². The molecule has 8 heteroatoms. The fraction of sp³-hybridized carbons (Fsp3) is 0.136. The molecule has 0 unspecified atom stereocenters. The molecule has 0 bridgehead atoms. The molecule has 154 valence electrons. The first-order valence-electron chi connectivity index (χ1n) is 9.04. The molecule has 4 rings (SSSR count). The molecule has 0 amide bonds. The van der Waals surface area contributed by atoms with E-state index < -0.39 is 29.1 Å². The SMILES string of the molecule is O=C1C(N2C=CC(N(c3ccccc3)c3ccccc3)=CC2)=C(O)C(F)(F)C1(F)F. The van der Waals surface area contributed by atoms with Crippen LogP contribution in [0.2, 0.25) is 0 Å². The van der Waals surface area contributed by atoms with Gasteiger partial charge in [-0.2, -0.15) is 17.6 Å². The van der Waals surface area contributed by atoms with Crippen molar-refractivity contribution in [3.63, 3.8) is 0 Å². The molecular weight excluding hydrogens is 400 g/mol. The molecular formula is C22H16F4N2O2. The number of Topliss-reactive ketones (excluding diaryl/α,β-unsaturated/α-hetero) is 1. The molecule has 2 aromatic carbocycles. The highest BCUT2D eigenvalue weighted by Crippen LogP contribution is 2.48. The molecule has 0 fully saturated rings. The second-order valence-electron chi connectivity index (χ2n) is 6.78. The maximum absolute atomic E-state index is 13.7. The van der Waals surface area contributed by atoms with Gasteiger partial charge in [0.15, 0.2) is 5.76 Å². The minimum atomic E-state index is -4.98. The Morgan fingerprint density at radius 2 is 1.40 bits per heavy atom. The van der Waals surface area contributed by atoms with E-state index in [1.54, 1.807) is 6.08 Å². The van der Waals surface area contributed by atoms with Gasteiger partial charge >= 0.3 is 11.8 Å². The Morgan fingerprint density at radius 3 is 1.80 bits per heavy atom. The highest BCUT2D eigenvalue weighted by molar-refractivity contribution is 6.05. The van der Waals surface area contributed by atoms with E-state index in [-0.39, 0.29) is 6.54 Å². The van der Waals surface area contributed by atoms with Crippen LogP contribution in [-0.4, -0.2) is 34.2 Å². The zero-order chi connectivity index (χ0) is 21.5. The summed E-state index contributed by atoms with van der Waals surface area (Å²) in [6, 6.07) is 18.7. The van der Waals surface area contributed by atoms with Gasteiger partial charge in [-0.15, -0.1) is 0 Å². The van der Waals surface area contributed by atoms with Crippen LogP contribution >= 0.6 is 0 Å². The molecule has 0 saturated carbocycles. The van der Waals surface area contributed by atoms with Gasteiger partial charge in [0.25, 0.3) is 5.78 Å². The van der Waals surface area contributed by atoms with E-state index in [2.05, 4.69) is 0 Å². The number of hydrogen-bond acceptors (Lipinski definition) is 4. The maximum Gasteiger partial charge on any atom is 0.380 e. The van der Waals surface area contributed by atoms with Crippen LogP contribution in [0.25, 0.3) is 0 Å². The predicted molar refractivity (Wildman–Crippen MR) is 104 cm³/mol. The molecule has 0 radical (unpaired) electrons. The summed E-state index contributed by atoms with van der Waals surface area (Å²) in [5.74, 6) is -13.9. The van der Waals surface area contributed by atoms with E-state index in [1.807, 2.05) is 65.6 Å². The second kappa shape index (κ2) is 7.05. The van der Waals surface area contributed by atoms with Crippen molar-refractivity contribution >= 4 is 17.2 Å². The molecule has 1 heterocycles. The number of allylic oxidation sites excluding steroid dienone is 3. The summed E-state index contributed by atoms with van der Waals surface area (Å²) >= 11 is 0. The predicted octanol–water partition coefficient (Wildman–Crippen LogP) is 5.16. The second-order valence-corrected chi connectivity index (χ2v) is 6.78. The highest BCUT2D eigenvalue weighted by Gasteiger charge is 2.72. The molecule has 1 aliphatic heterocycles. The summed E-state index contributed by atoms with van der Waals surface area (Å²) < 4.78 is 54.6. The monoisotopic (exact) mass is 416 g/mol. The van der Waals surface area contributed by atoms with Gasteiger partial charge in [-0.05, 0) is 36.4 Å². The number of ketones is 1. The number of alkyl halides is 4. The lowest BCUT2D eigenvalue weighted by atomic mass is 10.1. The van der Waals surface area contributed by atoms with Gasteiger partial charge in [-0.25, -0.2) is 0 Å². The van der Waals surface area contributed by atoms with Gasteiger partial charge in [0, 0.05) is 29.8 Å². The van der Waals surface area contributed by atoms with Crippen LogP contribution in [-0.2, 0) is 4.79 Å². The number of hydrogen-bond donors (Lipinski definition) is 1. The van der Waals surface area contributed by atoms with Crippen molar-refractivity contribution < 1.29 is 27.5 Å². The van der Waals surface area contributed by atoms with E-state index in [1.165, 1.54) is 12.3 Å². The number of carbonyl (C=O) groups is 1. The van der Waals surface area contributed by atoms with Crippen LogP contribution in [0.5, 0.6) is 0 Å². The first kappa shape index (κ1) is 19.8. The number of aliphatic hydroxyl groups is 1. The number of rotatable bonds is 4. The summed E-state index contributed by atoms with van der Waals surface area (Å²) in [5, 5.41) is 9.63. The summed E-state index contributed by atoms with van der Waals surface area (Å²) in [5.41, 5.74) is 1.20. The van der Waals surface area contributed by atoms with E-state index in [9.17, 15) is 27.5 Å². The van der Waals surface area contributed by atoms with E-state index >= 15 is 0 Å². The molecule has 2 aliphatic rings. The minimum absolute atomic E-state index is 0.153. The van der Waals surface area contributed by atoms with Gasteiger partial charge in [0.2, 0.25) is 0 Å². The van der Waals surface area contributed by atoms with Crippen LogP contribution in [0.1, 0.15) is 0 Å². The Balaban J connectivity index is 1.67. The fourth-order valence-electron chi connectivity index (χ4n) is 3.38. The highest BCUT2D eigenvalue weighted by atomic mass is 19.3. The Bertz CT molecular complexity index is 1020. The summed E-state index contributed by atoms with van der Waals surface area (Å²) in [7, 11) is 0. The topological polar surface area (TPSA) is 43.8 Å². The number of halogens is 4. The zero-order valence-corrected chi connectivity index (χ0v) is 15.5. The van der Waals surface area contributed by atoms with Gasteiger partial charge in [0.1, 0.15) is 5.70 Å². The first-order chi connectivity index (χ1) is 14.2. The Morgan fingerprint density at radius 1 is 0.867 bits per heavy atom. The lowest BCUT2D eigenvalue weighted by Crippen LogP contribution is -2.43. The van der Waals surface area contributed by atoms with Crippen molar-refractivity contribution in [2.45, 2.75) is 11.8 Å². The third-order valence-corrected chi connectivity index (χ3v) is 4.91. The molecule has 0 spiro atoms. The van der Waals surface area contributed by atoms with Crippen molar-refractivity contribution in [2.24, 2.45) is 0 Å². The molecule has 2 aromatic rings. The van der Waals surface area contributed by atoms with Crippen molar-refractivity contribution in [3.8, 4) is 0 Å². The standard InChI is InChI=1S/C22H16F4N2O2/c23-21(24)19(29)18(20(30)22(21,25)26)27-13-11-17(12-14-27)28(15-7-3-1-4-8-15)16-9-5-2-6-10-16/h1-13,29H,14H2. The molecule has 1 aliphatic carbocycles. The first-order valence-corrected chi connectivity index (χ1v) is 9.04. The number of anilines is 2. The van der Waals surface area contributed by atoms with Crippen molar-refractivity contribution in [1.29, 1.82) is 0 Å². The normalized spacial score (nSPS) is 19.8. The van der Waals surface area contributed by atoms with E-state index in [4.69, 9.17) is 0 Å². The van der Waals surface area contributed by atoms with Crippen molar-refractivity contribution in [1.82, 2.24) is 4.90 Å². The number of nitrogens with zero attached hydrogens (tertiary/aromatic N) is 2. The number of para-hydroxylation sites is 2. The lowest BCUT2D eigenvalue weighted by molar-refractivity contribution is -0.190. The number of carbonyl (C=O) groups excluding carboxylic acids is 1. The smallest absolute Gasteiger partial charge is 0.380 e. The van der Waals surface area contributed by atoms with Crippen molar-refractivity contribution in [3.05, 3.63) is 96.2 Å². The third-order valence-electron chi connectivity index (χ3n) is 4.91. The average Bonchev–Trinajstić information content (AvgIpc) is 2.87. The number of aliphatic hydroxyl groups excluding tert-OH is 1. The molecule has 0 saturated heterocycles. The summed E-state index contributed by atoms with van der Waals surface area (Å²) in [6.07, 6.45) is 4.34. The molecule has 30 heavy (non-hydrogen) atoms. The largest absolute Gasteiger partial charge is 0.505 e. The van der Waals surface area contributed by atoms with Crippen LogP contribution in [0.3, 0.4) is 0 Å². The molecule has 1 N–H and O–H groups in total. The van der Waals surface area contributed by atoms with Crippen molar-refractivity contribution in [2.75, 3.05) is 11.4 Å². The summed E-state index contributed by atoms with van der Waals surface area (Å²) in [4.78, 5) is 14.6. The van der Waals surface area contributed by atoms with Gasteiger partial charge in [-0.1, -0.05) is 36.4 Å². The molecule has 4 nitrogen and oxygen atoms in total.